The Morgan fingerprint density at radius 2 is 1.26 bits per heavy atom. The molecule has 6 rings (SSSR count). The minimum absolute atomic E-state index is 0.633. The molecular weight excluding hydrogens is 555 g/mol. The molecule has 0 aliphatic heterocycles. The second-order valence-electron chi connectivity index (χ2n) is 12.1. The summed E-state index contributed by atoms with van der Waals surface area (Å²) in [4.78, 5) is 2.29. The van der Waals surface area contributed by atoms with Crippen LogP contribution in [0.3, 0.4) is 0 Å². The van der Waals surface area contributed by atoms with Gasteiger partial charge in [0.2, 0.25) is 0 Å². The monoisotopic (exact) mass is 595 g/mol. The van der Waals surface area contributed by atoms with Gasteiger partial charge in [-0.1, -0.05) is 148 Å². The standard InChI is InChI=1S/C45H41N/c1-5-14-42-34(6-2)32-45(44-19-12-11-18-43(42)44)46(30-13-7-8-15-33(3)4)41-28-26-37(27-29-41)36-20-22-38(23-21-36)40-25-24-35-16-9-10-17-39(35)31-40/h5-14,16-33H,2,15H2,1,3-4H3/b8-7-,14-5-,30-13+. The molecule has 0 N–H and O–H groups in total. The molecule has 6 aromatic rings. The lowest BCUT2D eigenvalue weighted by molar-refractivity contribution is 0.664. The fourth-order valence-corrected chi connectivity index (χ4v) is 6.03. The summed E-state index contributed by atoms with van der Waals surface area (Å²) >= 11 is 0. The maximum atomic E-state index is 4.16. The molecule has 0 aromatic heterocycles. The molecule has 0 amide bonds. The van der Waals surface area contributed by atoms with Crippen LogP contribution >= 0.6 is 0 Å². The molecule has 46 heavy (non-hydrogen) atoms. The number of anilines is 2. The second kappa shape index (κ2) is 14.1. The van der Waals surface area contributed by atoms with Gasteiger partial charge in [0.25, 0.3) is 0 Å². The summed E-state index contributed by atoms with van der Waals surface area (Å²) in [6.45, 7) is 10.7. The number of allylic oxidation sites excluding steroid dienone is 4. The predicted octanol–water partition coefficient (Wildman–Crippen LogP) is 13.3. The van der Waals surface area contributed by atoms with Gasteiger partial charge in [0.15, 0.2) is 0 Å². The van der Waals surface area contributed by atoms with Crippen molar-refractivity contribution >= 4 is 45.1 Å². The summed E-state index contributed by atoms with van der Waals surface area (Å²) in [7, 11) is 0. The van der Waals surface area contributed by atoms with Crippen LogP contribution in [0.1, 0.15) is 38.3 Å². The molecule has 0 saturated carbocycles. The molecule has 0 bridgehead atoms. The van der Waals surface area contributed by atoms with E-state index >= 15 is 0 Å². The van der Waals surface area contributed by atoms with E-state index < -0.39 is 0 Å². The molecule has 226 valence electrons. The average molecular weight is 596 g/mol. The van der Waals surface area contributed by atoms with Gasteiger partial charge in [-0.05, 0) is 99.1 Å². The van der Waals surface area contributed by atoms with Gasteiger partial charge in [0.05, 0.1) is 5.69 Å². The minimum atomic E-state index is 0.633. The highest BCUT2D eigenvalue weighted by molar-refractivity contribution is 6.04. The largest absolute Gasteiger partial charge is 0.317 e. The molecule has 0 spiro atoms. The topological polar surface area (TPSA) is 3.24 Å². The van der Waals surface area contributed by atoms with E-state index in [0.717, 1.165) is 23.4 Å². The number of fused-ring (bicyclic) bond motifs is 2. The Kier molecular flexibility index (Phi) is 9.41. The van der Waals surface area contributed by atoms with Crippen molar-refractivity contribution in [3.8, 4) is 22.3 Å². The normalized spacial score (nSPS) is 11.9. The van der Waals surface area contributed by atoms with E-state index in [1.54, 1.807) is 0 Å². The van der Waals surface area contributed by atoms with E-state index in [9.17, 15) is 0 Å². The smallest absolute Gasteiger partial charge is 0.0540 e. The summed E-state index contributed by atoms with van der Waals surface area (Å²) in [5, 5.41) is 4.94. The SMILES string of the molecule is C=Cc1cc(N(/C=C/C=C\CC(C)C)c2ccc(-c3ccc(-c4ccc5ccccc5c4)cc3)cc2)c2ccccc2c1/C=C\C. The third kappa shape index (κ3) is 6.65. The first-order valence-electron chi connectivity index (χ1n) is 16.2. The van der Waals surface area contributed by atoms with Crippen LogP contribution in [0.25, 0.3) is 56.0 Å². The fourth-order valence-electron chi connectivity index (χ4n) is 6.03. The molecule has 0 aliphatic carbocycles. The molecule has 0 atom stereocenters. The molecule has 0 fully saturated rings. The van der Waals surface area contributed by atoms with Gasteiger partial charge in [0.1, 0.15) is 0 Å². The minimum Gasteiger partial charge on any atom is -0.317 e. The molecule has 1 nitrogen and oxygen atoms in total. The van der Waals surface area contributed by atoms with Crippen molar-refractivity contribution in [2.24, 2.45) is 5.92 Å². The summed E-state index contributed by atoms with van der Waals surface area (Å²) in [6, 6.07) is 43.9. The fraction of sp³-hybridized carbons (Fsp3) is 0.111. The third-order valence-corrected chi connectivity index (χ3v) is 8.45. The maximum absolute atomic E-state index is 4.16. The Hall–Kier alpha value is -5.40. The van der Waals surface area contributed by atoms with Crippen molar-refractivity contribution < 1.29 is 0 Å². The Bertz CT molecular complexity index is 2050. The summed E-state index contributed by atoms with van der Waals surface area (Å²) < 4.78 is 0. The van der Waals surface area contributed by atoms with Gasteiger partial charge in [-0.15, -0.1) is 0 Å². The molecule has 6 aromatic carbocycles. The van der Waals surface area contributed by atoms with Crippen molar-refractivity contribution in [1.29, 1.82) is 0 Å². The van der Waals surface area contributed by atoms with E-state index in [2.05, 4.69) is 190 Å². The highest BCUT2D eigenvalue weighted by atomic mass is 15.1. The molecule has 0 heterocycles. The number of hydrogen-bond acceptors (Lipinski definition) is 1. The van der Waals surface area contributed by atoms with Crippen LogP contribution in [0.15, 0.2) is 158 Å². The summed E-state index contributed by atoms with van der Waals surface area (Å²) in [5.41, 5.74) is 9.38. The van der Waals surface area contributed by atoms with Crippen LogP contribution in [0.2, 0.25) is 0 Å². The Labute approximate surface area is 274 Å². The van der Waals surface area contributed by atoms with E-state index in [-0.39, 0.29) is 0 Å². The lowest BCUT2D eigenvalue weighted by Gasteiger charge is -2.25. The molecule has 1 heteroatoms. The molecule has 0 aliphatic rings. The first-order chi connectivity index (χ1) is 22.6. The molecular formula is C45H41N. The summed E-state index contributed by atoms with van der Waals surface area (Å²) in [5.74, 6) is 0.633. The van der Waals surface area contributed by atoms with E-state index in [4.69, 9.17) is 0 Å². The Morgan fingerprint density at radius 1 is 0.652 bits per heavy atom. The van der Waals surface area contributed by atoms with Gasteiger partial charge in [-0.25, -0.2) is 0 Å². The van der Waals surface area contributed by atoms with Gasteiger partial charge in [-0.2, -0.15) is 0 Å². The number of hydrogen-bond donors (Lipinski definition) is 0. The molecule has 0 saturated heterocycles. The van der Waals surface area contributed by atoms with Crippen molar-refractivity contribution in [2.75, 3.05) is 4.90 Å². The quantitative estimate of drug-likeness (QED) is 0.142. The average Bonchev–Trinajstić information content (AvgIpc) is 3.10. The Morgan fingerprint density at radius 3 is 1.93 bits per heavy atom. The lowest BCUT2D eigenvalue weighted by Crippen LogP contribution is -2.09. The molecule has 0 radical (unpaired) electrons. The second-order valence-corrected chi connectivity index (χ2v) is 12.1. The summed E-state index contributed by atoms with van der Waals surface area (Å²) in [6.07, 6.45) is 16.0. The zero-order valence-electron chi connectivity index (χ0n) is 27.0. The van der Waals surface area contributed by atoms with Crippen LogP contribution in [-0.4, -0.2) is 0 Å². The first kappa shape index (κ1) is 30.6. The zero-order chi connectivity index (χ0) is 31.9. The zero-order valence-corrected chi connectivity index (χ0v) is 27.0. The maximum Gasteiger partial charge on any atom is 0.0540 e. The highest BCUT2D eigenvalue weighted by Gasteiger charge is 2.15. The van der Waals surface area contributed by atoms with E-state index in [0.29, 0.717) is 5.92 Å². The number of nitrogens with zero attached hydrogens (tertiary/aromatic N) is 1. The molecule has 0 unspecified atom stereocenters. The van der Waals surface area contributed by atoms with Crippen molar-refractivity contribution in [3.63, 3.8) is 0 Å². The van der Waals surface area contributed by atoms with Crippen LogP contribution in [-0.2, 0) is 0 Å². The van der Waals surface area contributed by atoms with Crippen molar-refractivity contribution in [2.45, 2.75) is 27.2 Å². The predicted molar refractivity (Wildman–Crippen MR) is 203 cm³/mol. The Balaban J connectivity index is 1.35. The van der Waals surface area contributed by atoms with Crippen molar-refractivity contribution in [3.05, 3.63) is 170 Å². The van der Waals surface area contributed by atoms with Gasteiger partial charge >= 0.3 is 0 Å². The van der Waals surface area contributed by atoms with Crippen molar-refractivity contribution in [1.82, 2.24) is 0 Å². The van der Waals surface area contributed by atoms with Crippen LogP contribution < -0.4 is 4.90 Å². The number of rotatable bonds is 10. The van der Waals surface area contributed by atoms with Gasteiger partial charge in [-0.3, -0.25) is 0 Å². The highest BCUT2D eigenvalue weighted by Crippen LogP contribution is 2.38. The van der Waals surface area contributed by atoms with Gasteiger partial charge in [0, 0.05) is 17.3 Å². The number of benzene rings is 6. The van der Waals surface area contributed by atoms with E-state index in [1.807, 2.05) is 6.08 Å². The van der Waals surface area contributed by atoms with E-state index in [1.165, 1.54) is 49.4 Å². The van der Waals surface area contributed by atoms with Crippen LogP contribution in [0, 0.1) is 5.92 Å². The van der Waals surface area contributed by atoms with Crippen LogP contribution in [0.5, 0.6) is 0 Å². The lowest BCUT2D eigenvalue weighted by atomic mass is 9.95. The van der Waals surface area contributed by atoms with Crippen LogP contribution in [0.4, 0.5) is 11.4 Å². The first-order valence-corrected chi connectivity index (χ1v) is 16.2. The third-order valence-electron chi connectivity index (χ3n) is 8.45. The van der Waals surface area contributed by atoms with Gasteiger partial charge < -0.3 is 4.90 Å².